The number of hydrogen-bond acceptors (Lipinski definition) is 5. The molecule has 0 unspecified atom stereocenters. The Kier molecular flexibility index (Phi) is 13.3. The Labute approximate surface area is 220 Å². The van der Waals surface area contributed by atoms with Crippen LogP contribution < -0.4 is 4.74 Å². The maximum absolute atomic E-state index is 12.3. The number of carbonyl (C=O) groups excluding carboxylic acids is 1. The third kappa shape index (κ3) is 11.4. The van der Waals surface area contributed by atoms with E-state index in [1.165, 1.54) is 11.1 Å². The Bertz CT molecular complexity index is 1020. The number of carboxylic acid groups (broad SMARTS) is 2. The van der Waals surface area contributed by atoms with Crippen LogP contribution in [0.15, 0.2) is 60.7 Å². The van der Waals surface area contributed by atoms with E-state index in [2.05, 4.69) is 69.9 Å². The molecule has 2 aromatic rings. The average molecular weight is 512 g/mol. The highest BCUT2D eigenvalue weighted by atomic mass is 16.5. The first-order valence-electron chi connectivity index (χ1n) is 12.6. The molecule has 0 spiro atoms. The number of nitrogens with zero attached hydrogens (tertiary/aromatic N) is 1. The minimum absolute atomic E-state index is 0.156. The summed E-state index contributed by atoms with van der Waals surface area (Å²) in [5.41, 5.74) is 3.53. The highest BCUT2D eigenvalue weighted by Gasteiger charge is 2.23. The van der Waals surface area contributed by atoms with Crippen LogP contribution >= 0.6 is 0 Å². The van der Waals surface area contributed by atoms with Crippen molar-refractivity contribution in [1.29, 1.82) is 0 Å². The number of aryl methyl sites for hydroxylation is 1. The number of carbonyl (C=O) groups is 3. The first-order valence-corrected chi connectivity index (χ1v) is 12.6. The number of rotatable bonds is 11. The van der Waals surface area contributed by atoms with Crippen molar-refractivity contribution in [1.82, 2.24) is 4.90 Å². The summed E-state index contributed by atoms with van der Waals surface area (Å²) in [6, 6.07) is 17.7. The Balaban J connectivity index is 0.000000738. The molecule has 0 bridgehead atoms. The second-order valence-corrected chi connectivity index (χ2v) is 9.80. The van der Waals surface area contributed by atoms with Crippen molar-refractivity contribution in [2.75, 3.05) is 6.54 Å². The van der Waals surface area contributed by atoms with Gasteiger partial charge in [-0.25, -0.2) is 9.59 Å². The molecule has 0 aliphatic heterocycles. The van der Waals surface area contributed by atoms with Gasteiger partial charge in [0.2, 0.25) is 0 Å². The summed E-state index contributed by atoms with van der Waals surface area (Å²) in [5, 5.41) is 15.6. The van der Waals surface area contributed by atoms with Crippen LogP contribution in [-0.4, -0.2) is 51.6 Å². The summed E-state index contributed by atoms with van der Waals surface area (Å²) in [6.45, 7) is 15.8. The summed E-state index contributed by atoms with van der Waals surface area (Å²) in [6.07, 6.45) is 2.08. The van der Waals surface area contributed by atoms with Gasteiger partial charge in [0.1, 0.15) is 5.75 Å². The normalized spacial score (nSPS) is 12.1. The maximum Gasteiger partial charge on any atom is 0.328 e. The van der Waals surface area contributed by atoms with Crippen molar-refractivity contribution >= 4 is 17.9 Å². The van der Waals surface area contributed by atoms with Gasteiger partial charge in [0, 0.05) is 35.7 Å². The monoisotopic (exact) mass is 511 g/mol. The molecule has 0 fully saturated rings. The Morgan fingerprint density at radius 3 is 1.86 bits per heavy atom. The van der Waals surface area contributed by atoms with Crippen molar-refractivity contribution in [3.8, 4) is 5.75 Å². The van der Waals surface area contributed by atoms with Gasteiger partial charge in [0.05, 0.1) is 5.92 Å². The fraction of sp³-hybridized carbons (Fsp3) is 0.433. The maximum atomic E-state index is 12.3. The summed E-state index contributed by atoms with van der Waals surface area (Å²) >= 11 is 0. The lowest BCUT2D eigenvalue weighted by Crippen LogP contribution is -2.38. The second kappa shape index (κ2) is 15.6. The van der Waals surface area contributed by atoms with Crippen molar-refractivity contribution in [3.05, 3.63) is 77.4 Å². The fourth-order valence-electron chi connectivity index (χ4n) is 3.98. The quantitative estimate of drug-likeness (QED) is 0.220. The molecule has 37 heavy (non-hydrogen) atoms. The zero-order valence-corrected chi connectivity index (χ0v) is 23.0. The van der Waals surface area contributed by atoms with Gasteiger partial charge < -0.3 is 14.9 Å². The molecule has 0 saturated heterocycles. The Hall–Kier alpha value is -3.45. The van der Waals surface area contributed by atoms with E-state index in [1.807, 2.05) is 32.0 Å². The van der Waals surface area contributed by atoms with Crippen molar-refractivity contribution in [2.45, 2.75) is 72.9 Å². The van der Waals surface area contributed by atoms with Crippen molar-refractivity contribution < 1.29 is 29.3 Å². The van der Waals surface area contributed by atoms with E-state index in [0.29, 0.717) is 30.0 Å². The van der Waals surface area contributed by atoms with E-state index in [4.69, 9.17) is 14.9 Å². The molecule has 7 heteroatoms. The molecule has 7 nitrogen and oxygen atoms in total. The molecule has 0 saturated carbocycles. The van der Waals surface area contributed by atoms with E-state index < -0.39 is 11.9 Å². The molecule has 0 radical (unpaired) electrons. The molecular formula is C30H41NO6. The first kappa shape index (κ1) is 31.6. The molecule has 202 valence electrons. The third-order valence-electron chi connectivity index (χ3n) is 5.80. The molecule has 0 aliphatic rings. The van der Waals surface area contributed by atoms with Crippen LogP contribution in [0.4, 0.5) is 0 Å². The van der Waals surface area contributed by atoms with E-state index in [9.17, 15) is 14.4 Å². The van der Waals surface area contributed by atoms with Crippen LogP contribution in [0.25, 0.3) is 0 Å². The van der Waals surface area contributed by atoms with Crippen LogP contribution in [0.3, 0.4) is 0 Å². The van der Waals surface area contributed by atoms with Gasteiger partial charge in [-0.2, -0.15) is 0 Å². The van der Waals surface area contributed by atoms with Gasteiger partial charge in [-0.15, -0.1) is 0 Å². The molecule has 0 amide bonds. The second-order valence-electron chi connectivity index (χ2n) is 9.80. The van der Waals surface area contributed by atoms with Crippen molar-refractivity contribution in [2.24, 2.45) is 5.92 Å². The van der Waals surface area contributed by atoms with E-state index in [1.54, 1.807) is 0 Å². The van der Waals surface area contributed by atoms with Crippen LogP contribution in [0, 0.1) is 12.8 Å². The van der Waals surface area contributed by atoms with E-state index in [-0.39, 0.29) is 17.8 Å². The number of aliphatic carboxylic acids is 2. The molecule has 2 rings (SSSR count). The molecule has 1 atom stereocenters. The van der Waals surface area contributed by atoms with Crippen LogP contribution in [0.2, 0.25) is 0 Å². The van der Waals surface area contributed by atoms with E-state index in [0.717, 1.165) is 18.5 Å². The molecule has 0 aliphatic carbocycles. The smallest absolute Gasteiger partial charge is 0.328 e. The van der Waals surface area contributed by atoms with E-state index >= 15 is 0 Å². The van der Waals surface area contributed by atoms with Crippen LogP contribution in [0.1, 0.15) is 70.6 Å². The predicted molar refractivity (Wildman–Crippen MR) is 146 cm³/mol. The highest BCUT2D eigenvalue weighted by molar-refractivity contribution is 5.89. The zero-order chi connectivity index (χ0) is 28.1. The Morgan fingerprint density at radius 1 is 0.865 bits per heavy atom. The van der Waals surface area contributed by atoms with Crippen LogP contribution in [-0.2, 0) is 14.4 Å². The Morgan fingerprint density at radius 2 is 1.41 bits per heavy atom. The van der Waals surface area contributed by atoms with Crippen LogP contribution in [0.5, 0.6) is 5.75 Å². The number of ether oxygens (including phenoxy) is 1. The number of benzene rings is 2. The molecule has 2 aromatic carbocycles. The third-order valence-corrected chi connectivity index (χ3v) is 5.80. The molecular weight excluding hydrogens is 470 g/mol. The van der Waals surface area contributed by atoms with Gasteiger partial charge in [-0.05, 0) is 59.2 Å². The van der Waals surface area contributed by atoms with Gasteiger partial charge in [-0.3, -0.25) is 9.69 Å². The van der Waals surface area contributed by atoms with Gasteiger partial charge in [-0.1, -0.05) is 61.9 Å². The lowest BCUT2D eigenvalue weighted by molar-refractivity contribution is -0.138. The molecule has 2 N–H and O–H groups in total. The summed E-state index contributed by atoms with van der Waals surface area (Å²) in [7, 11) is 0. The first-order chi connectivity index (χ1) is 17.3. The standard InChI is InChI=1S/C26H37NO2.C4H4O4/c1-18(2)26(28)29-25-14-13-21(7)17-24(25)23(22-11-9-8-10-12-22)15-16-27(19(3)4)20(5)6;5-3(6)1-2-4(7)8/h8-14,17-20,23H,15-16H2,1-7H3;1-2H,(H,5,6)(H,7,8)/t23-;/m1./s1. The minimum Gasteiger partial charge on any atom is -0.478 e. The number of esters is 1. The predicted octanol–water partition coefficient (Wildman–Crippen LogP) is 5.91. The van der Waals surface area contributed by atoms with Gasteiger partial charge in [0.15, 0.2) is 0 Å². The van der Waals surface area contributed by atoms with Gasteiger partial charge in [0.25, 0.3) is 0 Å². The largest absolute Gasteiger partial charge is 0.478 e. The van der Waals surface area contributed by atoms with Crippen molar-refractivity contribution in [3.63, 3.8) is 0 Å². The lowest BCUT2D eigenvalue weighted by atomic mass is 9.86. The fourth-order valence-corrected chi connectivity index (χ4v) is 3.98. The topological polar surface area (TPSA) is 104 Å². The molecule has 0 heterocycles. The van der Waals surface area contributed by atoms with Gasteiger partial charge >= 0.3 is 17.9 Å². The summed E-state index contributed by atoms with van der Waals surface area (Å²) < 4.78 is 5.81. The summed E-state index contributed by atoms with van der Waals surface area (Å²) in [5.74, 6) is -2.00. The lowest BCUT2D eigenvalue weighted by Gasteiger charge is -2.32. The highest BCUT2D eigenvalue weighted by Crippen LogP contribution is 2.36. The zero-order valence-electron chi connectivity index (χ0n) is 23.0. The minimum atomic E-state index is -1.26. The number of hydrogen-bond donors (Lipinski definition) is 2. The SMILES string of the molecule is Cc1ccc(OC(=O)C(C)C)c([C@H](CCN(C(C)C)C(C)C)c2ccccc2)c1.O=C(O)C=CC(=O)O. The average Bonchev–Trinajstić information content (AvgIpc) is 2.82. The molecule has 0 aromatic heterocycles. The summed E-state index contributed by atoms with van der Waals surface area (Å²) in [4.78, 5) is 33.9. The number of carboxylic acids is 2.